The SMILES string of the molecule is COc1ccc(C(C#N)CN2CCCC2)cc1C(C)C. The van der Waals surface area contributed by atoms with Gasteiger partial charge >= 0.3 is 0 Å². The molecule has 108 valence electrons. The molecule has 1 heterocycles. The van der Waals surface area contributed by atoms with Crippen molar-refractivity contribution in [2.45, 2.75) is 38.5 Å². The van der Waals surface area contributed by atoms with Gasteiger partial charge in [-0.1, -0.05) is 26.0 Å². The van der Waals surface area contributed by atoms with Gasteiger partial charge in [0.15, 0.2) is 0 Å². The Labute approximate surface area is 122 Å². The van der Waals surface area contributed by atoms with Crippen molar-refractivity contribution >= 4 is 0 Å². The number of rotatable bonds is 5. The van der Waals surface area contributed by atoms with Crippen molar-refractivity contribution in [3.63, 3.8) is 0 Å². The molecule has 1 aromatic rings. The van der Waals surface area contributed by atoms with Crippen LogP contribution in [-0.2, 0) is 0 Å². The molecule has 0 saturated carbocycles. The smallest absolute Gasteiger partial charge is 0.122 e. The van der Waals surface area contributed by atoms with Gasteiger partial charge in [-0.3, -0.25) is 0 Å². The van der Waals surface area contributed by atoms with Crippen LogP contribution in [0.3, 0.4) is 0 Å². The van der Waals surface area contributed by atoms with E-state index >= 15 is 0 Å². The Morgan fingerprint density at radius 3 is 2.55 bits per heavy atom. The fraction of sp³-hybridized carbons (Fsp3) is 0.588. The Morgan fingerprint density at radius 2 is 2.00 bits per heavy atom. The lowest BCUT2D eigenvalue weighted by atomic mass is 9.93. The summed E-state index contributed by atoms with van der Waals surface area (Å²) in [5.41, 5.74) is 2.30. The molecule has 0 spiro atoms. The number of methoxy groups -OCH3 is 1. The molecule has 20 heavy (non-hydrogen) atoms. The zero-order valence-electron chi connectivity index (χ0n) is 12.7. The Bertz CT molecular complexity index is 484. The van der Waals surface area contributed by atoms with E-state index < -0.39 is 0 Å². The van der Waals surface area contributed by atoms with Crippen LogP contribution in [-0.4, -0.2) is 31.6 Å². The number of likely N-dealkylation sites (tertiary alicyclic amines) is 1. The third-order valence-corrected chi connectivity index (χ3v) is 4.07. The summed E-state index contributed by atoms with van der Waals surface area (Å²) in [5.74, 6) is 1.27. The average Bonchev–Trinajstić information content (AvgIpc) is 2.97. The van der Waals surface area contributed by atoms with Gasteiger partial charge in [0.2, 0.25) is 0 Å². The van der Waals surface area contributed by atoms with Gasteiger partial charge in [-0.2, -0.15) is 5.26 Å². The van der Waals surface area contributed by atoms with E-state index in [0.29, 0.717) is 5.92 Å². The molecule has 2 rings (SSSR count). The third kappa shape index (κ3) is 3.32. The molecule has 0 amide bonds. The molecule has 1 atom stereocenters. The summed E-state index contributed by atoms with van der Waals surface area (Å²) in [6.07, 6.45) is 2.52. The summed E-state index contributed by atoms with van der Waals surface area (Å²) < 4.78 is 5.42. The van der Waals surface area contributed by atoms with Gasteiger partial charge in [-0.15, -0.1) is 0 Å². The topological polar surface area (TPSA) is 36.3 Å². The largest absolute Gasteiger partial charge is 0.496 e. The Morgan fingerprint density at radius 1 is 1.30 bits per heavy atom. The molecule has 0 aromatic heterocycles. The Kier molecular flexibility index (Phi) is 5.03. The molecule has 1 aliphatic rings. The van der Waals surface area contributed by atoms with E-state index in [4.69, 9.17) is 4.74 Å². The molecule has 0 aliphatic carbocycles. The van der Waals surface area contributed by atoms with Gasteiger partial charge in [0.25, 0.3) is 0 Å². The van der Waals surface area contributed by atoms with Crippen LogP contribution in [0.4, 0.5) is 0 Å². The van der Waals surface area contributed by atoms with Crippen LogP contribution in [0, 0.1) is 11.3 Å². The maximum Gasteiger partial charge on any atom is 0.122 e. The summed E-state index contributed by atoms with van der Waals surface area (Å²) in [6, 6.07) is 8.65. The van der Waals surface area contributed by atoms with Crippen molar-refractivity contribution in [3.05, 3.63) is 29.3 Å². The van der Waals surface area contributed by atoms with Crippen LogP contribution in [0.1, 0.15) is 49.7 Å². The Balaban J connectivity index is 2.21. The lowest BCUT2D eigenvalue weighted by molar-refractivity contribution is 0.331. The van der Waals surface area contributed by atoms with E-state index in [1.807, 2.05) is 12.1 Å². The highest BCUT2D eigenvalue weighted by atomic mass is 16.5. The first kappa shape index (κ1) is 14.9. The molecular weight excluding hydrogens is 248 g/mol. The van der Waals surface area contributed by atoms with Crippen LogP contribution >= 0.6 is 0 Å². The average molecular weight is 272 g/mol. The van der Waals surface area contributed by atoms with Crippen LogP contribution in [0.5, 0.6) is 5.75 Å². The number of ether oxygens (including phenoxy) is 1. The van der Waals surface area contributed by atoms with Crippen LogP contribution in [0.2, 0.25) is 0 Å². The summed E-state index contributed by atoms with van der Waals surface area (Å²) in [4.78, 5) is 2.40. The molecule has 3 heteroatoms. The first-order chi connectivity index (χ1) is 9.65. The van der Waals surface area contributed by atoms with Crippen molar-refractivity contribution in [2.75, 3.05) is 26.7 Å². The van der Waals surface area contributed by atoms with Crippen LogP contribution in [0.15, 0.2) is 18.2 Å². The fourth-order valence-corrected chi connectivity index (χ4v) is 2.86. The lowest BCUT2D eigenvalue weighted by Gasteiger charge is -2.20. The van der Waals surface area contributed by atoms with E-state index in [0.717, 1.165) is 30.9 Å². The van der Waals surface area contributed by atoms with Crippen molar-refractivity contribution in [1.82, 2.24) is 4.90 Å². The number of hydrogen-bond donors (Lipinski definition) is 0. The lowest BCUT2D eigenvalue weighted by Crippen LogP contribution is -2.25. The van der Waals surface area contributed by atoms with Crippen molar-refractivity contribution in [2.24, 2.45) is 0 Å². The second-order valence-corrected chi connectivity index (χ2v) is 5.85. The fourth-order valence-electron chi connectivity index (χ4n) is 2.86. The number of hydrogen-bond acceptors (Lipinski definition) is 3. The first-order valence-electron chi connectivity index (χ1n) is 7.45. The minimum Gasteiger partial charge on any atom is -0.496 e. The van der Waals surface area contributed by atoms with E-state index in [9.17, 15) is 5.26 Å². The number of nitrogens with zero attached hydrogens (tertiary/aromatic N) is 2. The van der Waals surface area contributed by atoms with Gasteiger partial charge in [0.1, 0.15) is 5.75 Å². The third-order valence-electron chi connectivity index (χ3n) is 4.07. The van der Waals surface area contributed by atoms with E-state index in [1.54, 1.807) is 7.11 Å². The van der Waals surface area contributed by atoms with Gasteiger partial charge < -0.3 is 9.64 Å². The maximum absolute atomic E-state index is 9.49. The predicted octanol–water partition coefficient (Wildman–Crippen LogP) is 3.52. The molecular formula is C17H24N2O. The highest BCUT2D eigenvalue weighted by molar-refractivity contribution is 5.41. The zero-order valence-corrected chi connectivity index (χ0v) is 12.7. The first-order valence-corrected chi connectivity index (χ1v) is 7.45. The second-order valence-electron chi connectivity index (χ2n) is 5.85. The molecule has 3 nitrogen and oxygen atoms in total. The molecule has 1 saturated heterocycles. The van der Waals surface area contributed by atoms with Crippen LogP contribution in [0.25, 0.3) is 0 Å². The molecule has 1 unspecified atom stereocenters. The summed E-state index contributed by atoms with van der Waals surface area (Å²) in [7, 11) is 1.70. The zero-order chi connectivity index (χ0) is 14.5. The van der Waals surface area contributed by atoms with Crippen LogP contribution < -0.4 is 4.74 Å². The van der Waals surface area contributed by atoms with E-state index in [-0.39, 0.29) is 5.92 Å². The molecule has 0 radical (unpaired) electrons. The van der Waals surface area contributed by atoms with Crippen molar-refractivity contribution in [3.8, 4) is 11.8 Å². The maximum atomic E-state index is 9.49. The second kappa shape index (κ2) is 6.76. The van der Waals surface area contributed by atoms with Crippen molar-refractivity contribution in [1.29, 1.82) is 5.26 Å². The highest BCUT2D eigenvalue weighted by Gasteiger charge is 2.20. The number of nitriles is 1. The minimum absolute atomic E-state index is 0.0449. The summed E-state index contributed by atoms with van der Waals surface area (Å²) in [5, 5.41) is 9.49. The van der Waals surface area contributed by atoms with Gasteiger partial charge in [-0.05, 0) is 49.0 Å². The summed E-state index contributed by atoms with van der Waals surface area (Å²) in [6.45, 7) is 7.42. The van der Waals surface area contributed by atoms with E-state index in [1.165, 1.54) is 18.4 Å². The van der Waals surface area contributed by atoms with E-state index in [2.05, 4.69) is 30.9 Å². The molecule has 1 aliphatic heterocycles. The number of benzene rings is 1. The van der Waals surface area contributed by atoms with Crippen molar-refractivity contribution < 1.29 is 4.74 Å². The monoisotopic (exact) mass is 272 g/mol. The standard InChI is InChI=1S/C17H24N2O/c1-13(2)16-10-14(6-7-17(16)20-3)15(11-18)12-19-8-4-5-9-19/h6-7,10,13,15H,4-5,8-9,12H2,1-3H3. The van der Waals surface area contributed by atoms with Gasteiger partial charge in [0.05, 0.1) is 19.1 Å². The molecule has 1 aromatic carbocycles. The minimum atomic E-state index is -0.0449. The normalized spacial score (nSPS) is 17.1. The molecule has 1 fully saturated rings. The predicted molar refractivity (Wildman–Crippen MR) is 81.1 cm³/mol. The quantitative estimate of drug-likeness (QED) is 0.823. The van der Waals surface area contributed by atoms with Gasteiger partial charge in [0, 0.05) is 6.54 Å². The van der Waals surface area contributed by atoms with Gasteiger partial charge in [-0.25, -0.2) is 0 Å². The Hall–Kier alpha value is -1.53. The molecule has 0 N–H and O–H groups in total. The highest BCUT2D eigenvalue weighted by Crippen LogP contribution is 2.30. The molecule has 0 bridgehead atoms. The summed E-state index contributed by atoms with van der Waals surface area (Å²) >= 11 is 0.